The molecule has 4 N–H and O–H groups in total. The van der Waals surface area contributed by atoms with Crippen LogP contribution in [0.5, 0.6) is 0 Å². The second-order valence-electron chi connectivity index (χ2n) is 8.59. The zero-order valence-electron chi connectivity index (χ0n) is 18.0. The highest BCUT2D eigenvalue weighted by atomic mass is 16.7. The summed E-state index contributed by atoms with van der Waals surface area (Å²) in [6.07, 6.45) is 0. The van der Waals surface area contributed by atoms with Crippen molar-refractivity contribution in [2.45, 2.75) is 38.9 Å². The average molecular weight is 413 g/mol. The largest absolute Gasteiger partial charge is 0.494 e. The standard InChI is InChI=1S/C23H24BN5O2/c1-22(2)23(3,4)31-24(30-22)17-11-9-15(10-12-17)14-5-7-16(8-6-14)19-18(13-25)20(26)29-21(27)28-19/h5-12H,1-4H3,(H4,26,27,28,29). The number of aromatic nitrogens is 2. The summed E-state index contributed by atoms with van der Waals surface area (Å²) < 4.78 is 12.2. The topological polar surface area (TPSA) is 120 Å². The lowest BCUT2D eigenvalue weighted by Gasteiger charge is -2.32. The molecule has 3 aromatic rings. The highest BCUT2D eigenvalue weighted by Gasteiger charge is 2.51. The maximum Gasteiger partial charge on any atom is 0.494 e. The lowest BCUT2D eigenvalue weighted by atomic mass is 9.78. The molecule has 8 heteroatoms. The van der Waals surface area contributed by atoms with Gasteiger partial charge in [-0.25, -0.2) is 4.98 Å². The SMILES string of the molecule is CC1(C)OB(c2ccc(-c3ccc(-c4nc(N)nc(N)c4C#N)cc3)cc2)OC1(C)C. The maximum atomic E-state index is 9.39. The number of hydrogen-bond donors (Lipinski definition) is 2. The van der Waals surface area contributed by atoms with Gasteiger partial charge in [0, 0.05) is 5.56 Å². The Kier molecular flexibility index (Phi) is 4.96. The fourth-order valence-corrected chi connectivity index (χ4v) is 3.45. The van der Waals surface area contributed by atoms with Crippen LogP contribution in [0, 0.1) is 11.3 Å². The van der Waals surface area contributed by atoms with Gasteiger partial charge >= 0.3 is 7.12 Å². The Balaban J connectivity index is 1.58. The average Bonchev–Trinajstić information content (AvgIpc) is 2.95. The van der Waals surface area contributed by atoms with Gasteiger partial charge in [-0.2, -0.15) is 10.2 Å². The quantitative estimate of drug-likeness (QED) is 0.633. The summed E-state index contributed by atoms with van der Waals surface area (Å²) in [5, 5.41) is 9.39. The van der Waals surface area contributed by atoms with E-state index in [-0.39, 0.29) is 35.7 Å². The molecule has 0 bridgehead atoms. The zero-order valence-corrected chi connectivity index (χ0v) is 18.0. The molecule has 0 atom stereocenters. The molecule has 4 rings (SSSR count). The summed E-state index contributed by atoms with van der Waals surface area (Å²) >= 11 is 0. The molecule has 2 heterocycles. The number of anilines is 2. The van der Waals surface area contributed by atoms with Crippen molar-refractivity contribution < 1.29 is 9.31 Å². The summed E-state index contributed by atoms with van der Waals surface area (Å²) in [6, 6.07) is 17.9. The summed E-state index contributed by atoms with van der Waals surface area (Å²) in [6.45, 7) is 8.16. The number of nitriles is 1. The first-order valence-electron chi connectivity index (χ1n) is 10.0. The van der Waals surface area contributed by atoms with E-state index in [4.69, 9.17) is 20.8 Å². The van der Waals surface area contributed by atoms with Crippen molar-refractivity contribution in [2.75, 3.05) is 11.5 Å². The number of hydrogen-bond acceptors (Lipinski definition) is 7. The van der Waals surface area contributed by atoms with Crippen molar-refractivity contribution in [1.82, 2.24) is 9.97 Å². The van der Waals surface area contributed by atoms with Crippen molar-refractivity contribution in [3.63, 3.8) is 0 Å². The van der Waals surface area contributed by atoms with Crippen LogP contribution in [0.1, 0.15) is 33.3 Å². The van der Waals surface area contributed by atoms with E-state index in [1.54, 1.807) is 0 Å². The number of nitrogens with two attached hydrogens (primary N) is 2. The highest BCUT2D eigenvalue weighted by Crippen LogP contribution is 2.36. The number of rotatable bonds is 3. The van der Waals surface area contributed by atoms with E-state index in [9.17, 15) is 5.26 Å². The van der Waals surface area contributed by atoms with Crippen molar-refractivity contribution >= 4 is 24.3 Å². The van der Waals surface area contributed by atoms with E-state index in [2.05, 4.69) is 16.0 Å². The smallest absolute Gasteiger partial charge is 0.399 e. The minimum Gasteiger partial charge on any atom is -0.399 e. The molecule has 1 aromatic heterocycles. The van der Waals surface area contributed by atoms with E-state index < -0.39 is 0 Å². The molecule has 1 aliphatic heterocycles. The van der Waals surface area contributed by atoms with E-state index >= 15 is 0 Å². The first-order chi connectivity index (χ1) is 14.6. The molecule has 0 radical (unpaired) electrons. The molecular weight excluding hydrogens is 389 g/mol. The monoisotopic (exact) mass is 413 g/mol. The molecule has 1 saturated heterocycles. The van der Waals surface area contributed by atoms with Crippen LogP contribution in [0.4, 0.5) is 11.8 Å². The third-order valence-electron chi connectivity index (χ3n) is 5.99. The first-order valence-corrected chi connectivity index (χ1v) is 10.0. The van der Waals surface area contributed by atoms with Gasteiger partial charge in [0.15, 0.2) is 0 Å². The summed E-state index contributed by atoms with van der Waals surface area (Å²) in [4.78, 5) is 8.05. The summed E-state index contributed by atoms with van der Waals surface area (Å²) in [7, 11) is -0.389. The Hall–Kier alpha value is -3.41. The van der Waals surface area contributed by atoms with Gasteiger partial charge in [0.2, 0.25) is 5.95 Å². The third kappa shape index (κ3) is 3.74. The van der Waals surface area contributed by atoms with Crippen molar-refractivity contribution in [1.29, 1.82) is 5.26 Å². The molecule has 156 valence electrons. The van der Waals surface area contributed by atoms with E-state index in [1.165, 1.54) is 0 Å². The van der Waals surface area contributed by atoms with Gasteiger partial charge in [-0.15, -0.1) is 0 Å². The highest BCUT2D eigenvalue weighted by molar-refractivity contribution is 6.62. The van der Waals surface area contributed by atoms with Crippen molar-refractivity contribution in [3.05, 3.63) is 54.1 Å². The van der Waals surface area contributed by atoms with Crippen LogP contribution in [0.2, 0.25) is 0 Å². The lowest BCUT2D eigenvalue weighted by molar-refractivity contribution is 0.00578. The zero-order chi connectivity index (χ0) is 22.4. The molecule has 0 amide bonds. The molecule has 0 aliphatic carbocycles. The van der Waals surface area contributed by atoms with Crippen LogP contribution in [-0.4, -0.2) is 28.3 Å². The van der Waals surface area contributed by atoms with Gasteiger partial charge in [-0.05, 0) is 44.3 Å². The minimum atomic E-state index is -0.389. The number of nitrogens with zero attached hydrogens (tertiary/aromatic N) is 3. The second-order valence-corrected chi connectivity index (χ2v) is 8.59. The van der Waals surface area contributed by atoms with Crippen LogP contribution < -0.4 is 16.9 Å². The normalized spacial score (nSPS) is 16.8. The van der Waals surface area contributed by atoms with Crippen LogP contribution in [0.15, 0.2) is 48.5 Å². The third-order valence-corrected chi connectivity index (χ3v) is 5.99. The fraction of sp³-hybridized carbons (Fsp3) is 0.261. The summed E-state index contributed by atoms with van der Waals surface area (Å²) in [5.41, 5.74) is 15.2. The van der Waals surface area contributed by atoms with Crippen molar-refractivity contribution in [3.8, 4) is 28.5 Å². The summed E-state index contributed by atoms with van der Waals surface area (Å²) in [5.74, 6) is 0.112. The molecule has 1 aliphatic rings. The molecule has 2 aromatic carbocycles. The minimum absolute atomic E-state index is 0.0360. The Morgan fingerprint density at radius 3 is 1.81 bits per heavy atom. The molecule has 0 unspecified atom stereocenters. The Morgan fingerprint density at radius 1 is 0.806 bits per heavy atom. The van der Waals surface area contributed by atoms with Crippen LogP contribution in [0.25, 0.3) is 22.4 Å². The molecule has 1 fully saturated rings. The maximum absolute atomic E-state index is 9.39. The van der Waals surface area contributed by atoms with Crippen LogP contribution >= 0.6 is 0 Å². The van der Waals surface area contributed by atoms with Crippen molar-refractivity contribution in [2.24, 2.45) is 0 Å². The predicted octanol–water partition coefficient (Wildman–Crippen LogP) is 3.15. The number of nitrogen functional groups attached to an aromatic ring is 2. The second kappa shape index (κ2) is 7.38. The van der Waals surface area contributed by atoms with E-state index in [0.717, 1.165) is 22.2 Å². The Morgan fingerprint density at radius 2 is 1.29 bits per heavy atom. The van der Waals surface area contributed by atoms with Crippen LogP contribution in [0.3, 0.4) is 0 Å². The van der Waals surface area contributed by atoms with Gasteiger partial charge in [0.05, 0.1) is 16.9 Å². The fourth-order valence-electron chi connectivity index (χ4n) is 3.45. The lowest BCUT2D eigenvalue weighted by Crippen LogP contribution is -2.41. The predicted molar refractivity (Wildman–Crippen MR) is 122 cm³/mol. The Bertz CT molecular complexity index is 1150. The van der Waals surface area contributed by atoms with Gasteiger partial charge in [-0.3, -0.25) is 0 Å². The molecular formula is C23H24BN5O2. The van der Waals surface area contributed by atoms with E-state index in [0.29, 0.717) is 5.69 Å². The number of benzene rings is 2. The molecule has 7 nitrogen and oxygen atoms in total. The van der Waals surface area contributed by atoms with E-state index in [1.807, 2.05) is 76.2 Å². The van der Waals surface area contributed by atoms with Gasteiger partial charge in [0.25, 0.3) is 0 Å². The van der Waals surface area contributed by atoms with Gasteiger partial charge in [0.1, 0.15) is 17.5 Å². The Labute approximate surface area is 182 Å². The van der Waals surface area contributed by atoms with Gasteiger partial charge < -0.3 is 20.8 Å². The molecule has 0 saturated carbocycles. The first kappa shape index (κ1) is 20.9. The van der Waals surface area contributed by atoms with Gasteiger partial charge in [-0.1, -0.05) is 48.5 Å². The molecule has 0 spiro atoms. The molecule has 31 heavy (non-hydrogen) atoms. The van der Waals surface area contributed by atoms with Crippen LogP contribution in [-0.2, 0) is 9.31 Å².